The molecule has 13 heavy (non-hydrogen) atoms. The fourth-order valence-electron chi connectivity index (χ4n) is 1.13. The maximum atomic E-state index is 5.15. The molecule has 0 saturated heterocycles. The van der Waals surface area contributed by atoms with Crippen molar-refractivity contribution in [2.75, 3.05) is 0 Å². The minimum absolute atomic E-state index is 1.15. The van der Waals surface area contributed by atoms with Crippen LogP contribution in [-0.4, -0.2) is 0 Å². The molecule has 1 rings (SSSR count). The number of rotatable bonds is 2. The highest BCUT2D eigenvalue weighted by atomic mass is 14.0. The van der Waals surface area contributed by atoms with Crippen LogP contribution in [-0.2, 0) is 0 Å². The molecule has 0 aliphatic rings. The molecule has 0 bridgehead atoms. The second kappa shape index (κ2) is 5.00. The van der Waals surface area contributed by atoms with Gasteiger partial charge in [0.2, 0.25) is 0 Å². The maximum Gasteiger partial charge on any atom is -0.0116 e. The smallest absolute Gasteiger partial charge is 0.0116 e. The standard InChI is InChI=1S/C13H12/c1-3-5-9-12(4-2)13-10-7-6-8-11-13/h1,4-11H,2H3/b9-5-,12-4+. The van der Waals surface area contributed by atoms with Gasteiger partial charge in [0.1, 0.15) is 0 Å². The Balaban J connectivity index is 2.95. The number of allylic oxidation sites excluding steroid dienone is 4. The Morgan fingerprint density at radius 2 is 2.00 bits per heavy atom. The molecule has 0 radical (unpaired) electrons. The van der Waals surface area contributed by atoms with Crippen LogP contribution >= 0.6 is 0 Å². The molecule has 1 aromatic carbocycles. The van der Waals surface area contributed by atoms with Gasteiger partial charge < -0.3 is 0 Å². The molecule has 0 fully saturated rings. The third-order valence-electron chi connectivity index (χ3n) is 1.78. The summed E-state index contributed by atoms with van der Waals surface area (Å²) < 4.78 is 0. The zero-order valence-electron chi connectivity index (χ0n) is 7.70. The third-order valence-corrected chi connectivity index (χ3v) is 1.78. The molecule has 0 N–H and O–H groups in total. The molecule has 0 aliphatic heterocycles. The van der Waals surface area contributed by atoms with E-state index in [-0.39, 0.29) is 0 Å². The van der Waals surface area contributed by atoms with Crippen molar-refractivity contribution in [3.63, 3.8) is 0 Å². The van der Waals surface area contributed by atoms with Gasteiger partial charge in [0.15, 0.2) is 0 Å². The summed E-state index contributed by atoms with van der Waals surface area (Å²) >= 11 is 0. The van der Waals surface area contributed by atoms with Crippen LogP contribution in [0.3, 0.4) is 0 Å². The number of benzene rings is 1. The van der Waals surface area contributed by atoms with Crippen LogP contribution in [0.5, 0.6) is 0 Å². The Hall–Kier alpha value is -1.74. The monoisotopic (exact) mass is 168 g/mol. The molecule has 0 unspecified atom stereocenters. The van der Waals surface area contributed by atoms with E-state index < -0.39 is 0 Å². The first-order chi connectivity index (χ1) is 6.38. The van der Waals surface area contributed by atoms with Crippen molar-refractivity contribution >= 4 is 5.57 Å². The van der Waals surface area contributed by atoms with Crippen LogP contribution in [0.2, 0.25) is 0 Å². The number of terminal acetylenes is 1. The third kappa shape index (κ3) is 2.65. The molecule has 0 saturated carbocycles. The predicted octanol–water partition coefficient (Wildman–Crippen LogP) is 3.28. The number of hydrogen-bond acceptors (Lipinski definition) is 0. The summed E-state index contributed by atoms with van der Waals surface area (Å²) in [4.78, 5) is 0. The first-order valence-corrected chi connectivity index (χ1v) is 4.23. The van der Waals surface area contributed by atoms with E-state index in [1.54, 1.807) is 6.08 Å². The summed E-state index contributed by atoms with van der Waals surface area (Å²) in [5.74, 6) is 2.48. The van der Waals surface area contributed by atoms with E-state index >= 15 is 0 Å². The highest BCUT2D eigenvalue weighted by molar-refractivity contribution is 5.74. The van der Waals surface area contributed by atoms with Crippen molar-refractivity contribution in [2.45, 2.75) is 6.92 Å². The Labute approximate surface area is 79.6 Å². The topological polar surface area (TPSA) is 0 Å². The van der Waals surface area contributed by atoms with Crippen molar-refractivity contribution in [1.29, 1.82) is 0 Å². The Kier molecular flexibility index (Phi) is 3.60. The molecule has 0 aromatic heterocycles. The zero-order chi connectivity index (χ0) is 9.52. The van der Waals surface area contributed by atoms with E-state index in [0.29, 0.717) is 0 Å². The van der Waals surface area contributed by atoms with E-state index in [2.05, 4.69) is 18.1 Å². The largest absolute Gasteiger partial charge is 0.115 e. The summed E-state index contributed by atoms with van der Waals surface area (Å²) in [6.45, 7) is 2.00. The van der Waals surface area contributed by atoms with Crippen LogP contribution in [0, 0.1) is 12.3 Å². The van der Waals surface area contributed by atoms with E-state index in [4.69, 9.17) is 6.42 Å². The molecule has 0 heteroatoms. The van der Waals surface area contributed by atoms with Crippen LogP contribution < -0.4 is 0 Å². The normalized spacial score (nSPS) is 11.5. The molecule has 64 valence electrons. The van der Waals surface area contributed by atoms with E-state index in [9.17, 15) is 0 Å². The summed E-state index contributed by atoms with van der Waals surface area (Å²) in [5, 5.41) is 0. The van der Waals surface area contributed by atoms with E-state index in [1.165, 1.54) is 5.56 Å². The number of hydrogen-bond donors (Lipinski definition) is 0. The van der Waals surface area contributed by atoms with Gasteiger partial charge >= 0.3 is 0 Å². The van der Waals surface area contributed by atoms with Crippen LogP contribution in [0.15, 0.2) is 48.6 Å². The lowest BCUT2D eigenvalue weighted by molar-refractivity contribution is 1.60. The van der Waals surface area contributed by atoms with Gasteiger partial charge in [-0.2, -0.15) is 0 Å². The fourth-order valence-corrected chi connectivity index (χ4v) is 1.13. The van der Waals surface area contributed by atoms with Gasteiger partial charge in [0, 0.05) is 0 Å². The summed E-state index contributed by atoms with van der Waals surface area (Å²) in [7, 11) is 0. The van der Waals surface area contributed by atoms with E-state index in [1.807, 2.05) is 37.3 Å². The quantitative estimate of drug-likeness (QED) is 0.469. The Morgan fingerprint density at radius 1 is 1.31 bits per heavy atom. The lowest BCUT2D eigenvalue weighted by Crippen LogP contribution is -1.78. The van der Waals surface area contributed by atoms with Gasteiger partial charge in [-0.05, 0) is 30.2 Å². The molecule has 0 atom stereocenters. The van der Waals surface area contributed by atoms with Gasteiger partial charge in [-0.25, -0.2) is 0 Å². The average molecular weight is 168 g/mol. The molecule has 0 amide bonds. The van der Waals surface area contributed by atoms with Crippen LogP contribution in [0.1, 0.15) is 12.5 Å². The fraction of sp³-hybridized carbons (Fsp3) is 0.0769. The lowest BCUT2D eigenvalue weighted by Gasteiger charge is -1.99. The zero-order valence-corrected chi connectivity index (χ0v) is 7.70. The van der Waals surface area contributed by atoms with Gasteiger partial charge in [-0.15, -0.1) is 6.42 Å². The Bertz CT molecular complexity index is 347. The van der Waals surface area contributed by atoms with Crippen molar-refractivity contribution in [2.24, 2.45) is 0 Å². The predicted molar refractivity (Wildman–Crippen MR) is 58.1 cm³/mol. The van der Waals surface area contributed by atoms with Gasteiger partial charge in [0.25, 0.3) is 0 Å². The minimum Gasteiger partial charge on any atom is -0.115 e. The summed E-state index contributed by atoms with van der Waals surface area (Å²) in [6.07, 6.45) is 10.8. The molecule has 1 aromatic rings. The molecular formula is C13H12. The second-order valence-corrected chi connectivity index (χ2v) is 2.61. The highest BCUT2D eigenvalue weighted by Crippen LogP contribution is 2.14. The Morgan fingerprint density at radius 3 is 2.54 bits per heavy atom. The van der Waals surface area contributed by atoms with E-state index in [0.717, 1.165) is 5.57 Å². The van der Waals surface area contributed by atoms with Gasteiger partial charge in [-0.1, -0.05) is 42.3 Å². The second-order valence-electron chi connectivity index (χ2n) is 2.61. The molecule has 0 aliphatic carbocycles. The first-order valence-electron chi connectivity index (χ1n) is 4.23. The van der Waals surface area contributed by atoms with Crippen LogP contribution in [0.4, 0.5) is 0 Å². The summed E-state index contributed by atoms with van der Waals surface area (Å²) in [5.41, 5.74) is 2.34. The van der Waals surface area contributed by atoms with Crippen molar-refractivity contribution < 1.29 is 0 Å². The van der Waals surface area contributed by atoms with Gasteiger partial charge in [0.05, 0.1) is 0 Å². The first kappa shape index (κ1) is 9.35. The molecular weight excluding hydrogens is 156 g/mol. The van der Waals surface area contributed by atoms with Crippen molar-refractivity contribution in [3.05, 3.63) is 54.1 Å². The van der Waals surface area contributed by atoms with Gasteiger partial charge in [-0.3, -0.25) is 0 Å². The highest BCUT2D eigenvalue weighted by Gasteiger charge is 1.92. The molecule has 0 nitrogen and oxygen atoms in total. The minimum atomic E-state index is 1.15. The molecule has 0 spiro atoms. The lowest BCUT2D eigenvalue weighted by atomic mass is 10.1. The molecule has 0 heterocycles. The summed E-state index contributed by atoms with van der Waals surface area (Å²) in [6, 6.07) is 10.2. The SMILES string of the molecule is C#C/C=C\C(=C/C)c1ccccc1. The van der Waals surface area contributed by atoms with Crippen LogP contribution in [0.25, 0.3) is 5.57 Å². The van der Waals surface area contributed by atoms with Crippen molar-refractivity contribution in [1.82, 2.24) is 0 Å². The van der Waals surface area contributed by atoms with Crippen molar-refractivity contribution in [3.8, 4) is 12.3 Å². The maximum absolute atomic E-state index is 5.15. The average Bonchev–Trinajstić information content (AvgIpc) is 2.21.